The van der Waals surface area contributed by atoms with Gasteiger partial charge < -0.3 is 33.3 Å². The number of carbonyl (C=O) groups excluding carboxylic acids is 4. The van der Waals surface area contributed by atoms with E-state index in [2.05, 4.69) is 5.48 Å². The van der Waals surface area contributed by atoms with Gasteiger partial charge in [-0.05, 0) is 24.3 Å². The summed E-state index contributed by atoms with van der Waals surface area (Å²) < 4.78 is 32.7. The van der Waals surface area contributed by atoms with Gasteiger partial charge in [0.05, 0.1) is 7.11 Å². The molecule has 182 valence electrons. The molecule has 1 heterocycles. The molecule has 1 N–H and O–H groups in total. The summed E-state index contributed by atoms with van der Waals surface area (Å²) >= 11 is 0. The maximum atomic E-state index is 11.9. The zero-order valence-corrected chi connectivity index (χ0v) is 18.9. The molecule has 0 aromatic heterocycles. The molecular weight excluding hydrogens is 442 g/mol. The van der Waals surface area contributed by atoms with Crippen molar-refractivity contribution in [1.29, 1.82) is 0 Å². The molecule has 1 aromatic carbocycles. The van der Waals surface area contributed by atoms with Crippen LogP contribution in [0.3, 0.4) is 0 Å². The Morgan fingerprint density at radius 3 is 1.94 bits per heavy atom. The largest absolute Gasteiger partial charge is 0.497 e. The summed E-state index contributed by atoms with van der Waals surface area (Å²) in [5.41, 5.74) is 2.46. The second-order valence-corrected chi connectivity index (χ2v) is 7.02. The minimum atomic E-state index is -1.23. The van der Waals surface area contributed by atoms with Gasteiger partial charge in [0.25, 0.3) is 0 Å². The monoisotopic (exact) mass is 469 g/mol. The summed E-state index contributed by atoms with van der Waals surface area (Å²) in [5.74, 6) is -1.77. The average Bonchev–Trinajstić information content (AvgIpc) is 2.73. The van der Waals surface area contributed by atoms with Crippen molar-refractivity contribution < 1.29 is 52.4 Å². The zero-order valence-electron chi connectivity index (χ0n) is 18.9. The lowest BCUT2D eigenvalue weighted by Gasteiger charge is -2.44. The van der Waals surface area contributed by atoms with E-state index in [4.69, 9.17) is 33.3 Å². The normalized spacial score (nSPS) is 24.2. The number of rotatable bonds is 9. The average molecular weight is 469 g/mol. The van der Waals surface area contributed by atoms with Crippen molar-refractivity contribution in [2.24, 2.45) is 0 Å². The SMILES string of the molecule is COc1ccc(O[C@@H]2O[C@H](COC(C)=O)[C@@H](OC(C)=O)[C@H](OC(C)=O)[C@H]2NOC(C)=O)cc1. The quantitative estimate of drug-likeness (QED) is 0.308. The second-order valence-electron chi connectivity index (χ2n) is 7.02. The number of esters is 3. The highest BCUT2D eigenvalue weighted by molar-refractivity contribution is 5.68. The predicted molar refractivity (Wildman–Crippen MR) is 109 cm³/mol. The van der Waals surface area contributed by atoms with Gasteiger partial charge in [0, 0.05) is 27.7 Å². The maximum absolute atomic E-state index is 11.9. The van der Waals surface area contributed by atoms with Crippen LogP contribution >= 0.6 is 0 Å². The molecule has 1 saturated heterocycles. The van der Waals surface area contributed by atoms with Crippen LogP contribution in [0.25, 0.3) is 0 Å². The predicted octanol–water partition coefficient (Wildman–Crippen LogP) is 0.662. The van der Waals surface area contributed by atoms with Crippen LogP contribution in [0.4, 0.5) is 0 Å². The molecule has 12 heteroatoms. The Morgan fingerprint density at radius 1 is 0.848 bits per heavy atom. The van der Waals surface area contributed by atoms with Gasteiger partial charge in [-0.3, -0.25) is 19.2 Å². The summed E-state index contributed by atoms with van der Waals surface area (Å²) in [6.07, 6.45) is -4.74. The van der Waals surface area contributed by atoms with Crippen molar-refractivity contribution in [3.05, 3.63) is 24.3 Å². The molecule has 0 amide bonds. The van der Waals surface area contributed by atoms with Crippen molar-refractivity contribution in [2.45, 2.75) is 58.3 Å². The number of methoxy groups -OCH3 is 1. The molecule has 0 spiro atoms. The van der Waals surface area contributed by atoms with Crippen LogP contribution in [0.15, 0.2) is 24.3 Å². The number of nitrogens with one attached hydrogen (secondary N) is 1. The molecule has 0 unspecified atom stereocenters. The fraction of sp³-hybridized carbons (Fsp3) is 0.524. The molecule has 0 saturated carbocycles. The topological polar surface area (TPSA) is 145 Å². The van der Waals surface area contributed by atoms with E-state index >= 15 is 0 Å². The van der Waals surface area contributed by atoms with Crippen LogP contribution in [0.5, 0.6) is 11.5 Å². The first-order valence-corrected chi connectivity index (χ1v) is 9.97. The highest BCUT2D eigenvalue weighted by Crippen LogP contribution is 2.29. The van der Waals surface area contributed by atoms with E-state index in [1.807, 2.05) is 0 Å². The minimum absolute atomic E-state index is 0.326. The van der Waals surface area contributed by atoms with E-state index in [0.29, 0.717) is 11.5 Å². The molecule has 1 aliphatic heterocycles. The smallest absolute Gasteiger partial charge is 0.321 e. The summed E-state index contributed by atoms with van der Waals surface area (Å²) in [6.45, 7) is 4.34. The Kier molecular flexibility index (Phi) is 9.43. The molecule has 33 heavy (non-hydrogen) atoms. The van der Waals surface area contributed by atoms with E-state index in [1.165, 1.54) is 14.0 Å². The van der Waals surface area contributed by atoms with Gasteiger partial charge in [-0.2, -0.15) is 0 Å². The van der Waals surface area contributed by atoms with Crippen molar-refractivity contribution >= 4 is 23.9 Å². The first-order chi connectivity index (χ1) is 15.6. The van der Waals surface area contributed by atoms with Gasteiger partial charge in [-0.25, -0.2) is 0 Å². The van der Waals surface area contributed by atoms with Gasteiger partial charge >= 0.3 is 23.9 Å². The molecular formula is C21H27NO11. The van der Waals surface area contributed by atoms with Crippen molar-refractivity contribution in [2.75, 3.05) is 13.7 Å². The molecule has 5 atom stereocenters. The molecule has 0 radical (unpaired) electrons. The molecule has 0 bridgehead atoms. The first kappa shape index (κ1) is 25.9. The third-order valence-corrected chi connectivity index (χ3v) is 4.35. The van der Waals surface area contributed by atoms with Crippen LogP contribution in [0.1, 0.15) is 27.7 Å². The fourth-order valence-electron chi connectivity index (χ4n) is 3.07. The van der Waals surface area contributed by atoms with E-state index in [9.17, 15) is 19.2 Å². The first-order valence-electron chi connectivity index (χ1n) is 9.97. The number of hydroxylamine groups is 1. The number of benzene rings is 1. The standard InChI is InChI=1S/C21H27NO11/c1-11(23)28-10-17-19(29-12(2)24)20(30-13(3)25)18(22-33-14(4)26)21(32-17)31-16-8-6-15(27-5)7-9-16/h6-9,17-22H,10H2,1-5H3/t17-,18-,19-,20-,21-/m1/s1. The summed E-state index contributed by atoms with van der Waals surface area (Å²) in [7, 11) is 1.51. The second kappa shape index (κ2) is 12.0. The summed E-state index contributed by atoms with van der Waals surface area (Å²) in [5, 5.41) is 0. The lowest BCUT2D eigenvalue weighted by Crippen LogP contribution is -2.66. The van der Waals surface area contributed by atoms with Crippen LogP contribution in [0, 0.1) is 0 Å². The molecule has 2 rings (SSSR count). The number of hydrogen-bond donors (Lipinski definition) is 1. The third kappa shape index (κ3) is 7.91. The molecule has 1 aliphatic rings. The van der Waals surface area contributed by atoms with Crippen LogP contribution < -0.4 is 15.0 Å². The maximum Gasteiger partial charge on any atom is 0.321 e. The van der Waals surface area contributed by atoms with E-state index in [1.54, 1.807) is 24.3 Å². The third-order valence-electron chi connectivity index (χ3n) is 4.35. The van der Waals surface area contributed by atoms with Crippen LogP contribution in [-0.2, 0) is 43.0 Å². The number of hydrogen-bond acceptors (Lipinski definition) is 12. The minimum Gasteiger partial charge on any atom is -0.497 e. The number of carbonyl (C=O) groups is 4. The lowest BCUT2D eigenvalue weighted by molar-refractivity contribution is -0.268. The van der Waals surface area contributed by atoms with E-state index in [-0.39, 0.29) is 6.61 Å². The van der Waals surface area contributed by atoms with E-state index in [0.717, 1.165) is 20.8 Å². The summed E-state index contributed by atoms with van der Waals surface area (Å²) in [4.78, 5) is 51.3. The van der Waals surface area contributed by atoms with Crippen molar-refractivity contribution in [1.82, 2.24) is 5.48 Å². The molecule has 1 fully saturated rings. The Balaban J connectivity index is 2.42. The van der Waals surface area contributed by atoms with E-state index < -0.39 is 54.5 Å². The summed E-state index contributed by atoms with van der Waals surface area (Å²) in [6, 6.07) is 5.37. The Labute approximate surface area is 190 Å². The van der Waals surface area contributed by atoms with Crippen molar-refractivity contribution in [3.63, 3.8) is 0 Å². The van der Waals surface area contributed by atoms with Gasteiger partial charge in [-0.15, -0.1) is 5.48 Å². The zero-order chi connectivity index (χ0) is 24.5. The Morgan fingerprint density at radius 2 is 1.42 bits per heavy atom. The molecule has 0 aliphatic carbocycles. The van der Waals surface area contributed by atoms with Gasteiger partial charge in [0.1, 0.15) is 30.3 Å². The van der Waals surface area contributed by atoms with Gasteiger partial charge in [0.2, 0.25) is 6.29 Å². The Bertz CT molecular complexity index is 841. The highest BCUT2D eigenvalue weighted by Gasteiger charge is 2.52. The van der Waals surface area contributed by atoms with Gasteiger partial charge in [0.15, 0.2) is 12.2 Å². The Hall–Kier alpha value is -3.38. The van der Waals surface area contributed by atoms with Crippen LogP contribution in [0.2, 0.25) is 0 Å². The number of ether oxygens (including phenoxy) is 6. The molecule has 1 aromatic rings. The lowest BCUT2D eigenvalue weighted by atomic mass is 9.96. The molecule has 12 nitrogen and oxygen atoms in total. The van der Waals surface area contributed by atoms with Crippen molar-refractivity contribution in [3.8, 4) is 11.5 Å². The van der Waals surface area contributed by atoms with Gasteiger partial charge in [-0.1, -0.05) is 0 Å². The van der Waals surface area contributed by atoms with Crippen LogP contribution in [-0.4, -0.2) is 68.2 Å². The highest BCUT2D eigenvalue weighted by atomic mass is 16.7. The fourth-order valence-corrected chi connectivity index (χ4v) is 3.07.